The molecule has 3 rings (SSSR count). The van der Waals surface area contributed by atoms with E-state index in [0.29, 0.717) is 5.56 Å². The Morgan fingerprint density at radius 1 is 1.24 bits per heavy atom. The van der Waals surface area contributed by atoms with Gasteiger partial charge in [-0.3, -0.25) is 4.79 Å². The van der Waals surface area contributed by atoms with Crippen LogP contribution in [0.4, 0.5) is 11.4 Å². The van der Waals surface area contributed by atoms with Crippen LogP contribution in [0, 0.1) is 0 Å². The normalized spacial score (nSPS) is 21.8. The smallest absolute Gasteiger partial charge is 0.256 e. The van der Waals surface area contributed by atoms with Crippen LogP contribution in [0.15, 0.2) is 18.2 Å². The fourth-order valence-electron chi connectivity index (χ4n) is 3.24. The highest BCUT2D eigenvalue weighted by atomic mass is 16.3. The first kappa shape index (κ1) is 14.2. The Labute approximate surface area is 125 Å². The Kier molecular flexibility index (Phi) is 4.29. The monoisotopic (exact) mass is 289 g/mol. The Balaban J connectivity index is 1.90. The average molecular weight is 289 g/mol. The number of hydrogen-bond acceptors (Lipinski definition) is 4. The van der Waals surface area contributed by atoms with Crippen LogP contribution in [0.3, 0.4) is 0 Å². The molecule has 0 bridgehead atoms. The van der Waals surface area contributed by atoms with Crippen molar-refractivity contribution in [2.45, 2.75) is 31.7 Å². The number of likely N-dealkylation sites (tertiary alicyclic amines) is 1. The number of nitrogens with one attached hydrogen (secondary N) is 2. The second kappa shape index (κ2) is 6.35. The van der Waals surface area contributed by atoms with Gasteiger partial charge in [0.1, 0.15) is 0 Å². The van der Waals surface area contributed by atoms with E-state index >= 15 is 0 Å². The van der Waals surface area contributed by atoms with E-state index < -0.39 is 0 Å². The van der Waals surface area contributed by atoms with Gasteiger partial charge in [0.2, 0.25) is 0 Å². The number of benzene rings is 1. The van der Waals surface area contributed by atoms with E-state index in [2.05, 4.69) is 10.6 Å². The largest absolute Gasteiger partial charge is 0.394 e. The number of rotatable bonds is 2. The molecule has 2 aliphatic rings. The number of hydrogen-bond donors (Lipinski definition) is 3. The van der Waals surface area contributed by atoms with Crippen LogP contribution in [0.2, 0.25) is 0 Å². The molecule has 0 radical (unpaired) electrons. The first-order valence-electron chi connectivity index (χ1n) is 7.84. The second-order valence-corrected chi connectivity index (χ2v) is 5.77. The maximum absolute atomic E-state index is 12.9. The lowest BCUT2D eigenvalue weighted by atomic mass is 10.1. The quantitative estimate of drug-likeness (QED) is 0.778. The summed E-state index contributed by atoms with van der Waals surface area (Å²) in [4.78, 5) is 14.8. The number of aliphatic hydroxyl groups excluding tert-OH is 1. The molecule has 0 aromatic heterocycles. The summed E-state index contributed by atoms with van der Waals surface area (Å²) in [6.07, 6.45) is 4.13. The van der Waals surface area contributed by atoms with Crippen LogP contribution in [0.5, 0.6) is 0 Å². The van der Waals surface area contributed by atoms with E-state index in [1.807, 2.05) is 23.1 Å². The second-order valence-electron chi connectivity index (χ2n) is 5.77. The number of aliphatic hydroxyl groups is 1. The average Bonchev–Trinajstić information content (AvgIpc) is 2.79. The fraction of sp³-hybridized carbons (Fsp3) is 0.562. The highest BCUT2D eigenvalue weighted by Gasteiger charge is 2.28. The minimum atomic E-state index is -0.0487. The number of anilines is 2. The summed E-state index contributed by atoms with van der Waals surface area (Å²) in [5.41, 5.74) is 2.59. The van der Waals surface area contributed by atoms with E-state index in [-0.39, 0.29) is 18.6 Å². The number of carbonyl (C=O) groups is 1. The molecule has 0 spiro atoms. The van der Waals surface area contributed by atoms with E-state index in [1.165, 1.54) is 0 Å². The van der Waals surface area contributed by atoms with Gasteiger partial charge in [0.05, 0.1) is 29.6 Å². The lowest BCUT2D eigenvalue weighted by Gasteiger charge is -2.30. The van der Waals surface area contributed by atoms with Crippen LogP contribution in [0.25, 0.3) is 0 Å². The molecule has 5 heteroatoms. The molecule has 5 nitrogen and oxygen atoms in total. The first-order valence-corrected chi connectivity index (χ1v) is 7.84. The van der Waals surface area contributed by atoms with Crippen LogP contribution >= 0.6 is 0 Å². The minimum Gasteiger partial charge on any atom is -0.394 e. The van der Waals surface area contributed by atoms with Gasteiger partial charge in [0.25, 0.3) is 5.91 Å². The molecule has 2 heterocycles. The molecule has 1 aromatic rings. The van der Waals surface area contributed by atoms with E-state index in [9.17, 15) is 9.90 Å². The number of fused-ring (bicyclic) bond motifs is 1. The third-order valence-corrected chi connectivity index (χ3v) is 4.39. The van der Waals surface area contributed by atoms with Gasteiger partial charge < -0.3 is 20.6 Å². The molecule has 3 N–H and O–H groups in total. The van der Waals surface area contributed by atoms with Crippen molar-refractivity contribution in [3.8, 4) is 0 Å². The first-order chi connectivity index (χ1) is 10.3. The van der Waals surface area contributed by atoms with Crippen LogP contribution in [-0.2, 0) is 0 Å². The van der Waals surface area contributed by atoms with Gasteiger partial charge in [0, 0.05) is 19.6 Å². The molecule has 1 saturated heterocycles. The minimum absolute atomic E-state index is 0.0315. The van der Waals surface area contributed by atoms with Crippen LogP contribution < -0.4 is 10.6 Å². The molecule has 1 amide bonds. The van der Waals surface area contributed by atoms with Crippen molar-refractivity contribution in [3.63, 3.8) is 0 Å². The summed E-state index contributed by atoms with van der Waals surface area (Å²) in [6, 6.07) is 5.73. The maximum atomic E-state index is 12.9. The molecule has 2 aliphatic heterocycles. The molecule has 1 atom stereocenters. The number of nitrogens with zero attached hydrogens (tertiary/aromatic N) is 1. The third kappa shape index (κ3) is 2.83. The Bertz CT molecular complexity index is 518. The third-order valence-electron chi connectivity index (χ3n) is 4.39. The lowest BCUT2D eigenvalue weighted by molar-refractivity contribution is 0.0601. The zero-order valence-electron chi connectivity index (χ0n) is 12.3. The maximum Gasteiger partial charge on any atom is 0.256 e. The standard InChI is InChI=1S/C16H23N3O2/c20-11-12-5-2-1-3-10-19(12)16(21)13-6-4-7-14-15(13)18-9-8-17-14/h4,6-7,12,17-18,20H,1-3,5,8-11H2. The summed E-state index contributed by atoms with van der Waals surface area (Å²) >= 11 is 0. The van der Waals surface area contributed by atoms with Crippen molar-refractivity contribution in [3.05, 3.63) is 23.8 Å². The summed E-state index contributed by atoms with van der Waals surface area (Å²) < 4.78 is 0. The Morgan fingerprint density at radius 2 is 2.10 bits per heavy atom. The number of para-hydroxylation sites is 1. The zero-order chi connectivity index (χ0) is 14.7. The fourth-order valence-corrected chi connectivity index (χ4v) is 3.24. The highest BCUT2D eigenvalue weighted by Crippen LogP contribution is 2.30. The van der Waals surface area contributed by atoms with Gasteiger partial charge in [-0.1, -0.05) is 18.9 Å². The summed E-state index contributed by atoms with van der Waals surface area (Å²) in [5, 5.41) is 16.2. The zero-order valence-corrected chi connectivity index (χ0v) is 12.3. The summed E-state index contributed by atoms with van der Waals surface area (Å²) in [5.74, 6) is 0.0315. The van der Waals surface area contributed by atoms with Crippen LogP contribution in [-0.4, -0.2) is 48.2 Å². The van der Waals surface area contributed by atoms with E-state index in [4.69, 9.17) is 0 Å². The molecule has 21 heavy (non-hydrogen) atoms. The van der Waals surface area contributed by atoms with Gasteiger partial charge in [-0.25, -0.2) is 0 Å². The Hall–Kier alpha value is -1.75. The molecular formula is C16H23N3O2. The van der Waals surface area contributed by atoms with Gasteiger partial charge in [0.15, 0.2) is 0 Å². The van der Waals surface area contributed by atoms with Gasteiger partial charge in [-0.05, 0) is 25.0 Å². The SMILES string of the molecule is O=C(c1cccc2c1NCCN2)N1CCCCCC1CO. The van der Waals surface area contributed by atoms with Gasteiger partial charge in [-0.15, -0.1) is 0 Å². The number of carbonyl (C=O) groups excluding carboxylic acids is 1. The molecule has 114 valence electrons. The molecule has 0 saturated carbocycles. The molecular weight excluding hydrogens is 266 g/mol. The molecule has 1 aromatic carbocycles. The predicted molar refractivity (Wildman–Crippen MR) is 83.8 cm³/mol. The molecule has 0 aliphatic carbocycles. The summed E-state index contributed by atoms with van der Waals surface area (Å²) in [6.45, 7) is 2.47. The molecule has 1 unspecified atom stereocenters. The van der Waals surface area contributed by atoms with Crippen LogP contribution in [0.1, 0.15) is 36.0 Å². The van der Waals surface area contributed by atoms with E-state index in [0.717, 1.165) is 56.7 Å². The number of amides is 1. The van der Waals surface area contributed by atoms with Crippen molar-refractivity contribution in [1.29, 1.82) is 0 Å². The van der Waals surface area contributed by atoms with Crippen molar-refractivity contribution in [2.24, 2.45) is 0 Å². The van der Waals surface area contributed by atoms with E-state index in [1.54, 1.807) is 0 Å². The topological polar surface area (TPSA) is 64.6 Å². The lowest BCUT2D eigenvalue weighted by Crippen LogP contribution is -2.42. The highest BCUT2D eigenvalue weighted by molar-refractivity contribution is 6.03. The molecule has 1 fully saturated rings. The van der Waals surface area contributed by atoms with Crippen molar-refractivity contribution in [2.75, 3.05) is 36.9 Å². The van der Waals surface area contributed by atoms with Crippen molar-refractivity contribution in [1.82, 2.24) is 4.90 Å². The van der Waals surface area contributed by atoms with Crippen molar-refractivity contribution >= 4 is 17.3 Å². The Morgan fingerprint density at radius 3 is 2.95 bits per heavy atom. The predicted octanol–water partition coefficient (Wildman–Crippen LogP) is 1.90. The van der Waals surface area contributed by atoms with Gasteiger partial charge >= 0.3 is 0 Å². The summed E-state index contributed by atoms with van der Waals surface area (Å²) in [7, 11) is 0. The van der Waals surface area contributed by atoms with Gasteiger partial charge in [-0.2, -0.15) is 0 Å². The van der Waals surface area contributed by atoms with Crippen molar-refractivity contribution < 1.29 is 9.90 Å².